The van der Waals surface area contributed by atoms with Crippen LogP contribution in [-0.2, 0) is 9.53 Å². The molecular weight excluding hydrogens is 256 g/mol. The molecule has 0 saturated carbocycles. The molecule has 2 N–H and O–H groups in total. The summed E-state index contributed by atoms with van der Waals surface area (Å²) >= 11 is 0. The topological polar surface area (TPSA) is 59.6 Å². The Labute approximate surface area is 120 Å². The van der Waals surface area contributed by atoms with Crippen molar-refractivity contribution in [3.8, 4) is 5.75 Å². The van der Waals surface area contributed by atoms with Gasteiger partial charge in [0.1, 0.15) is 12.4 Å². The number of benzene rings is 1. The Morgan fingerprint density at radius 1 is 1.30 bits per heavy atom. The van der Waals surface area contributed by atoms with E-state index in [9.17, 15) is 4.79 Å². The van der Waals surface area contributed by atoms with Gasteiger partial charge in [0.25, 0.3) is 0 Å². The van der Waals surface area contributed by atoms with Crippen LogP contribution in [0.5, 0.6) is 5.75 Å². The second kappa shape index (κ2) is 9.34. The SMILES string of the molecule is COc1ccccc1NC(=O)COCCCNC(C)C. The molecule has 0 aromatic heterocycles. The largest absolute Gasteiger partial charge is 0.495 e. The van der Waals surface area contributed by atoms with Gasteiger partial charge in [-0.1, -0.05) is 26.0 Å². The third-order valence-corrected chi connectivity index (χ3v) is 2.63. The molecule has 20 heavy (non-hydrogen) atoms. The fraction of sp³-hybridized carbons (Fsp3) is 0.533. The van der Waals surface area contributed by atoms with E-state index in [1.807, 2.05) is 12.1 Å². The Kier molecular flexibility index (Phi) is 7.69. The molecule has 5 heteroatoms. The van der Waals surface area contributed by atoms with Crippen molar-refractivity contribution in [1.82, 2.24) is 5.32 Å². The first-order chi connectivity index (χ1) is 9.63. The molecule has 0 heterocycles. The van der Waals surface area contributed by atoms with E-state index in [1.165, 1.54) is 0 Å². The number of carbonyl (C=O) groups excluding carboxylic acids is 1. The van der Waals surface area contributed by atoms with Crippen LogP contribution in [0, 0.1) is 0 Å². The second-order valence-corrected chi connectivity index (χ2v) is 4.76. The molecule has 0 spiro atoms. The monoisotopic (exact) mass is 280 g/mol. The van der Waals surface area contributed by atoms with Gasteiger partial charge in [-0.05, 0) is 25.1 Å². The van der Waals surface area contributed by atoms with Gasteiger partial charge in [0.15, 0.2) is 0 Å². The maximum atomic E-state index is 11.7. The zero-order valence-electron chi connectivity index (χ0n) is 12.4. The predicted octanol–water partition coefficient (Wildman–Crippen LogP) is 2.04. The predicted molar refractivity (Wildman–Crippen MR) is 80.2 cm³/mol. The van der Waals surface area contributed by atoms with E-state index in [0.717, 1.165) is 13.0 Å². The van der Waals surface area contributed by atoms with Crippen LogP contribution in [0.25, 0.3) is 0 Å². The highest BCUT2D eigenvalue weighted by molar-refractivity contribution is 5.93. The summed E-state index contributed by atoms with van der Waals surface area (Å²) in [5.74, 6) is 0.466. The number of hydrogen-bond donors (Lipinski definition) is 2. The Morgan fingerprint density at radius 2 is 2.05 bits per heavy atom. The van der Waals surface area contributed by atoms with Gasteiger partial charge >= 0.3 is 0 Å². The lowest BCUT2D eigenvalue weighted by atomic mass is 10.3. The van der Waals surface area contributed by atoms with Crippen LogP contribution in [0.15, 0.2) is 24.3 Å². The second-order valence-electron chi connectivity index (χ2n) is 4.76. The van der Waals surface area contributed by atoms with E-state index in [1.54, 1.807) is 19.2 Å². The Hall–Kier alpha value is -1.59. The molecule has 0 aliphatic heterocycles. The number of methoxy groups -OCH3 is 1. The summed E-state index contributed by atoms with van der Waals surface area (Å²) in [4.78, 5) is 11.7. The smallest absolute Gasteiger partial charge is 0.250 e. The molecule has 0 bridgehead atoms. The van der Waals surface area contributed by atoms with Gasteiger partial charge in [-0.2, -0.15) is 0 Å². The lowest BCUT2D eigenvalue weighted by Crippen LogP contribution is -2.25. The highest BCUT2D eigenvalue weighted by Gasteiger charge is 2.06. The van der Waals surface area contributed by atoms with E-state index >= 15 is 0 Å². The van der Waals surface area contributed by atoms with Gasteiger partial charge in [0.2, 0.25) is 5.91 Å². The summed E-state index contributed by atoms with van der Waals surface area (Å²) in [6.07, 6.45) is 0.889. The van der Waals surface area contributed by atoms with Crippen molar-refractivity contribution >= 4 is 11.6 Å². The zero-order chi connectivity index (χ0) is 14.8. The van der Waals surface area contributed by atoms with Crippen molar-refractivity contribution in [2.24, 2.45) is 0 Å². The third-order valence-electron chi connectivity index (χ3n) is 2.63. The third kappa shape index (κ3) is 6.54. The number of nitrogens with one attached hydrogen (secondary N) is 2. The van der Waals surface area contributed by atoms with Crippen molar-refractivity contribution < 1.29 is 14.3 Å². The molecule has 0 aliphatic rings. The fourth-order valence-corrected chi connectivity index (χ4v) is 1.66. The minimum Gasteiger partial charge on any atom is -0.495 e. The number of rotatable bonds is 9. The first kappa shape index (κ1) is 16.5. The maximum absolute atomic E-state index is 11.7. The summed E-state index contributed by atoms with van der Waals surface area (Å²) in [7, 11) is 1.57. The van der Waals surface area contributed by atoms with Crippen molar-refractivity contribution in [2.75, 3.05) is 32.2 Å². The van der Waals surface area contributed by atoms with Crippen molar-refractivity contribution in [3.63, 3.8) is 0 Å². The van der Waals surface area contributed by atoms with Crippen molar-refractivity contribution in [3.05, 3.63) is 24.3 Å². The van der Waals surface area contributed by atoms with Crippen LogP contribution < -0.4 is 15.4 Å². The van der Waals surface area contributed by atoms with Crippen LogP contribution in [0.4, 0.5) is 5.69 Å². The molecule has 1 rings (SSSR count). The summed E-state index contributed by atoms with van der Waals surface area (Å²) in [5.41, 5.74) is 0.657. The maximum Gasteiger partial charge on any atom is 0.250 e. The minimum atomic E-state index is -0.175. The molecule has 0 radical (unpaired) electrons. The molecule has 1 amide bonds. The van der Waals surface area contributed by atoms with Crippen LogP contribution in [0.3, 0.4) is 0 Å². The summed E-state index contributed by atoms with van der Waals surface area (Å²) in [5, 5.41) is 6.06. The molecule has 0 aliphatic carbocycles. The van der Waals surface area contributed by atoms with E-state index in [0.29, 0.717) is 24.1 Å². The zero-order valence-corrected chi connectivity index (χ0v) is 12.4. The Bertz CT molecular complexity index is 408. The molecule has 112 valence electrons. The summed E-state index contributed by atoms with van der Waals surface area (Å²) < 4.78 is 10.5. The van der Waals surface area contributed by atoms with Crippen LogP contribution in [0.2, 0.25) is 0 Å². The van der Waals surface area contributed by atoms with Crippen LogP contribution in [-0.4, -0.2) is 38.8 Å². The molecule has 1 aromatic carbocycles. The standard InChI is InChI=1S/C15H24N2O3/c1-12(2)16-9-6-10-20-11-15(18)17-13-7-4-5-8-14(13)19-3/h4-5,7-8,12,16H,6,9-11H2,1-3H3,(H,17,18). The quantitative estimate of drug-likeness (QED) is 0.680. The first-order valence-electron chi connectivity index (χ1n) is 6.87. The van der Waals surface area contributed by atoms with Gasteiger partial charge in [0, 0.05) is 12.6 Å². The average Bonchev–Trinajstić information content (AvgIpc) is 2.43. The van der Waals surface area contributed by atoms with Gasteiger partial charge < -0.3 is 20.1 Å². The Morgan fingerprint density at radius 3 is 2.75 bits per heavy atom. The van der Waals surface area contributed by atoms with Gasteiger partial charge in [-0.3, -0.25) is 4.79 Å². The fourth-order valence-electron chi connectivity index (χ4n) is 1.66. The normalized spacial score (nSPS) is 10.6. The lowest BCUT2D eigenvalue weighted by molar-refractivity contribution is -0.120. The molecule has 0 saturated heterocycles. The highest BCUT2D eigenvalue weighted by atomic mass is 16.5. The molecule has 0 fully saturated rings. The number of carbonyl (C=O) groups is 1. The number of para-hydroxylation sites is 2. The van der Waals surface area contributed by atoms with Gasteiger partial charge in [0.05, 0.1) is 12.8 Å². The first-order valence-corrected chi connectivity index (χ1v) is 6.87. The van der Waals surface area contributed by atoms with Crippen molar-refractivity contribution in [1.29, 1.82) is 0 Å². The van der Waals surface area contributed by atoms with Crippen LogP contribution in [0.1, 0.15) is 20.3 Å². The molecule has 5 nitrogen and oxygen atoms in total. The number of hydrogen-bond acceptors (Lipinski definition) is 4. The minimum absolute atomic E-state index is 0.0553. The van der Waals surface area contributed by atoms with E-state index in [4.69, 9.17) is 9.47 Å². The van der Waals surface area contributed by atoms with E-state index in [2.05, 4.69) is 24.5 Å². The summed E-state index contributed by atoms with van der Waals surface area (Å²) in [6, 6.07) is 7.77. The van der Waals surface area contributed by atoms with Crippen LogP contribution >= 0.6 is 0 Å². The number of ether oxygens (including phenoxy) is 2. The number of amides is 1. The molecule has 1 aromatic rings. The van der Waals surface area contributed by atoms with Gasteiger partial charge in [-0.15, -0.1) is 0 Å². The number of anilines is 1. The van der Waals surface area contributed by atoms with Crippen molar-refractivity contribution in [2.45, 2.75) is 26.3 Å². The van der Waals surface area contributed by atoms with Gasteiger partial charge in [-0.25, -0.2) is 0 Å². The van der Waals surface area contributed by atoms with E-state index in [-0.39, 0.29) is 12.5 Å². The molecule has 0 unspecified atom stereocenters. The lowest BCUT2D eigenvalue weighted by Gasteiger charge is -2.10. The highest BCUT2D eigenvalue weighted by Crippen LogP contribution is 2.22. The average molecular weight is 280 g/mol. The molecule has 0 atom stereocenters. The Balaban J connectivity index is 2.20. The van der Waals surface area contributed by atoms with E-state index < -0.39 is 0 Å². The molecular formula is C15H24N2O3. The summed E-state index contributed by atoms with van der Waals surface area (Å²) in [6.45, 7) is 5.72.